The minimum absolute atomic E-state index is 0.191. The summed E-state index contributed by atoms with van der Waals surface area (Å²) in [7, 11) is 0. The Labute approximate surface area is 152 Å². The zero-order chi connectivity index (χ0) is 18.1. The van der Waals surface area contributed by atoms with Gasteiger partial charge in [0.2, 0.25) is 0 Å². The van der Waals surface area contributed by atoms with E-state index in [-0.39, 0.29) is 5.91 Å². The summed E-state index contributed by atoms with van der Waals surface area (Å²) in [5.41, 5.74) is 2.50. The number of amides is 1. The second kappa shape index (κ2) is 6.64. The summed E-state index contributed by atoms with van der Waals surface area (Å²) in [5.74, 6) is -0.673. The van der Waals surface area contributed by atoms with Crippen molar-refractivity contribution in [1.29, 1.82) is 0 Å². The Morgan fingerprint density at radius 3 is 2.54 bits per heavy atom. The van der Waals surface area contributed by atoms with Crippen molar-refractivity contribution < 1.29 is 14.3 Å². The quantitative estimate of drug-likeness (QED) is 0.675. The van der Waals surface area contributed by atoms with E-state index >= 15 is 0 Å². The molecular weight excluding hydrogens is 326 g/mol. The van der Waals surface area contributed by atoms with E-state index in [0.29, 0.717) is 12.1 Å². The van der Waals surface area contributed by atoms with Gasteiger partial charge in [0.05, 0.1) is 5.56 Å². The molecule has 4 rings (SSSR count). The fourth-order valence-electron chi connectivity index (χ4n) is 3.38. The highest BCUT2D eigenvalue weighted by atomic mass is 16.5. The van der Waals surface area contributed by atoms with Gasteiger partial charge in [0.25, 0.3) is 5.91 Å². The fraction of sp³-hybridized carbons (Fsp3) is 0.182. The van der Waals surface area contributed by atoms with Crippen molar-refractivity contribution in [2.75, 3.05) is 11.4 Å². The van der Waals surface area contributed by atoms with Crippen LogP contribution in [0.2, 0.25) is 0 Å². The molecule has 1 aliphatic rings. The lowest BCUT2D eigenvalue weighted by Gasteiger charge is -2.21. The largest absolute Gasteiger partial charge is 0.449 e. The molecule has 1 heterocycles. The minimum atomic E-state index is -0.833. The number of rotatable bonds is 3. The normalized spacial score (nSPS) is 14.1. The zero-order valence-corrected chi connectivity index (χ0v) is 14.5. The molecule has 1 atom stereocenters. The summed E-state index contributed by atoms with van der Waals surface area (Å²) in [4.78, 5) is 26.9. The molecule has 130 valence electrons. The van der Waals surface area contributed by atoms with Crippen molar-refractivity contribution in [3.8, 4) is 0 Å². The van der Waals surface area contributed by atoms with Crippen molar-refractivity contribution in [1.82, 2.24) is 0 Å². The van der Waals surface area contributed by atoms with Gasteiger partial charge in [0, 0.05) is 12.2 Å². The number of carbonyl (C=O) groups is 2. The van der Waals surface area contributed by atoms with Crippen molar-refractivity contribution in [3.05, 3.63) is 77.9 Å². The van der Waals surface area contributed by atoms with Gasteiger partial charge in [-0.3, -0.25) is 4.79 Å². The summed E-state index contributed by atoms with van der Waals surface area (Å²) in [6.07, 6.45) is -0.00658. The van der Waals surface area contributed by atoms with Crippen LogP contribution in [-0.4, -0.2) is 24.5 Å². The highest BCUT2D eigenvalue weighted by Gasteiger charge is 2.29. The summed E-state index contributed by atoms with van der Waals surface area (Å²) >= 11 is 0. The van der Waals surface area contributed by atoms with Gasteiger partial charge in [0.15, 0.2) is 6.10 Å². The van der Waals surface area contributed by atoms with Crippen LogP contribution in [0.25, 0.3) is 10.8 Å². The fourth-order valence-corrected chi connectivity index (χ4v) is 3.38. The van der Waals surface area contributed by atoms with E-state index in [1.807, 2.05) is 54.6 Å². The first-order chi connectivity index (χ1) is 12.6. The molecular formula is C22H19NO3. The molecule has 0 fully saturated rings. The van der Waals surface area contributed by atoms with E-state index in [9.17, 15) is 9.59 Å². The first-order valence-electron chi connectivity index (χ1n) is 8.72. The van der Waals surface area contributed by atoms with Crippen LogP contribution in [0.5, 0.6) is 0 Å². The molecule has 1 unspecified atom stereocenters. The maximum Gasteiger partial charge on any atom is 0.338 e. The molecule has 0 N–H and O–H groups in total. The zero-order valence-electron chi connectivity index (χ0n) is 14.5. The molecule has 1 aliphatic heterocycles. The molecule has 0 radical (unpaired) electrons. The number of ether oxygens (including phenoxy) is 1. The maximum atomic E-state index is 12.7. The SMILES string of the molecule is CC(OC(=O)c1ccc2ccccc2c1)C(=O)N1CCc2ccccc21. The van der Waals surface area contributed by atoms with Crippen molar-refractivity contribution in [2.24, 2.45) is 0 Å². The number of hydrogen-bond donors (Lipinski definition) is 0. The minimum Gasteiger partial charge on any atom is -0.449 e. The molecule has 3 aromatic rings. The van der Waals surface area contributed by atoms with Crippen molar-refractivity contribution >= 4 is 28.3 Å². The second-order valence-corrected chi connectivity index (χ2v) is 6.48. The molecule has 1 amide bonds. The summed E-state index contributed by atoms with van der Waals surface area (Å²) in [5, 5.41) is 2.02. The van der Waals surface area contributed by atoms with Gasteiger partial charge < -0.3 is 9.64 Å². The molecule has 0 aliphatic carbocycles. The van der Waals surface area contributed by atoms with Gasteiger partial charge in [-0.1, -0.05) is 48.5 Å². The number of anilines is 1. The van der Waals surface area contributed by atoms with E-state index in [1.165, 1.54) is 0 Å². The number of fused-ring (bicyclic) bond motifs is 2. The Hall–Kier alpha value is -3.14. The summed E-state index contributed by atoms with van der Waals surface area (Å²) in [6, 6.07) is 21.0. The van der Waals surface area contributed by atoms with Crippen LogP contribution in [-0.2, 0) is 16.0 Å². The van der Waals surface area contributed by atoms with Crippen LogP contribution in [0.4, 0.5) is 5.69 Å². The van der Waals surface area contributed by atoms with E-state index in [1.54, 1.807) is 24.0 Å². The Morgan fingerprint density at radius 1 is 0.962 bits per heavy atom. The highest BCUT2D eigenvalue weighted by molar-refractivity contribution is 6.01. The maximum absolute atomic E-state index is 12.7. The third-order valence-corrected chi connectivity index (χ3v) is 4.77. The van der Waals surface area contributed by atoms with Crippen molar-refractivity contribution in [2.45, 2.75) is 19.4 Å². The number of esters is 1. The van der Waals surface area contributed by atoms with E-state index in [0.717, 1.165) is 28.4 Å². The predicted octanol–water partition coefficient (Wildman–Crippen LogP) is 3.97. The first-order valence-corrected chi connectivity index (χ1v) is 8.72. The van der Waals surface area contributed by atoms with Crippen LogP contribution in [0.15, 0.2) is 66.7 Å². The number of hydrogen-bond acceptors (Lipinski definition) is 3. The Kier molecular flexibility index (Phi) is 4.17. The van der Waals surface area contributed by atoms with Gasteiger partial charge in [-0.2, -0.15) is 0 Å². The standard InChI is InChI=1S/C22H19NO3/c1-15(21(24)23-13-12-17-7-4-5-9-20(17)23)26-22(25)19-11-10-16-6-2-3-8-18(16)14-19/h2-11,14-15H,12-13H2,1H3. The second-order valence-electron chi connectivity index (χ2n) is 6.48. The lowest BCUT2D eigenvalue weighted by molar-refractivity contribution is -0.126. The van der Waals surface area contributed by atoms with Gasteiger partial charge in [-0.05, 0) is 47.9 Å². The smallest absolute Gasteiger partial charge is 0.338 e. The molecule has 4 heteroatoms. The topological polar surface area (TPSA) is 46.6 Å². The lowest BCUT2D eigenvalue weighted by atomic mass is 10.1. The molecule has 0 spiro atoms. The van der Waals surface area contributed by atoms with Gasteiger partial charge in [0.1, 0.15) is 0 Å². The summed E-state index contributed by atoms with van der Waals surface area (Å²) in [6.45, 7) is 2.25. The summed E-state index contributed by atoms with van der Waals surface area (Å²) < 4.78 is 5.44. The number of nitrogens with zero attached hydrogens (tertiary/aromatic N) is 1. The van der Waals surface area contributed by atoms with Crippen LogP contribution in [0.3, 0.4) is 0 Å². The molecule has 0 saturated carbocycles. The third-order valence-electron chi connectivity index (χ3n) is 4.77. The van der Waals surface area contributed by atoms with Crippen LogP contribution in [0, 0.1) is 0 Å². The van der Waals surface area contributed by atoms with E-state index < -0.39 is 12.1 Å². The molecule has 3 aromatic carbocycles. The number of benzene rings is 3. The monoisotopic (exact) mass is 345 g/mol. The van der Waals surface area contributed by atoms with Gasteiger partial charge in [-0.15, -0.1) is 0 Å². The molecule has 26 heavy (non-hydrogen) atoms. The average Bonchev–Trinajstić information content (AvgIpc) is 3.11. The third kappa shape index (κ3) is 2.94. The highest BCUT2D eigenvalue weighted by Crippen LogP contribution is 2.28. The van der Waals surface area contributed by atoms with Crippen LogP contribution in [0.1, 0.15) is 22.8 Å². The van der Waals surface area contributed by atoms with Gasteiger partial charge in [-0.25, -0.2) is 4.79 Å². The molecule has 0 aromatic heterocycles. The van der Waals surface area contributed by atoms with E-state index in [2.05, 4.69) is 0 Å². The number of carbonyl (C=O) groups excluding carboxylic acids is 2. The predicted molar refractivity (Wildman–Crippen MR) is 101 cm³/mol. The van der Waals surface area contributed by atoms with Crippen LogP contribution >= 0.6 is 0 Å². The lowest BCUT2D eigenvalue weighted by Crippen LogP contribution is -2.39. The van der Waals surface area contributed by atoms with E-state index in [4.69, 9.17) is 4.74 Å². The Bertz CT molecular complexity index is 995. The van der Waals surface area contributed by atoms with Crippen molar-refractivity contribution in [3.63, 3.8) is 0 Å². The Balaban J connectivity index is 1.49. The average molecular weight is 345 g/mol. The molecule has 0 bridgehead atoms. The number of para-hydroxylation sites is 1. The first kappa shape index (κ1) is 16.3. The van der Waals surface area contributed by atoms with Gasteiger partial charge >= 0.3 is 5.97 Å². The Morgan fingerprint density at radius 2 is 1.69 bits per heavy atom. The van der Waals surface area contributed by atoms with Crippen LogP contribution < -0.4 is 4.90 Å². The molecule has 0 saturated heterocycles. The molecule has 4 nitrogen and oxygen atoms in total.